The zero-order valence-electron chi connectivity index (χ0n) is 15.7. The number of fused-ring (bicyclic) bond motifs is 1. The van der Waals surface area contributed by atoms with Gasteiger partial charge in [0.25, 0.3) is 5.91 Å². The topological polar surface area (TPSA) is 109 Å². The highest BCUT2D eigenvalue weighted by atomic mass is 16.5. The minimum atomic E-state index is -0.554. The third-order valence-corrected chi connectivity index (χ3v) is 4.92. The first kappa shape index (κ1) is 18.6. The van der Waals surface area contributed by atoms with Crippen LogP contribution >= 0.6 is 0 Å². The second kappa shape index (κ2) is 8.10. The van der Waals surface area contributed by atoms with Crippen LogP contribution in [0.5, 0.6) is 0 Å². The van der Waals surface area contributed by atoms with Gasteiger partial charge in [0, 0.05) is 11.8 Å². The van der Waals surface area contributed by atoms with Gasteiger partial charge in [0.05, 0.1) is 0 Å². The van der Waals surface area contributed by atoms with Crippen molar-refractivity contribution in [2.45, 2.75) is 38.2 Å². The van der Waals surface area contributed by atoms with Crippen molar-refractivity contribution >= 4 is 23.2 Å². The van der Waals surface area contributed by atoms with Crippen LogP contribution in [0.2, 0.25) is 0 Å². The highest BCUT2D eigenvalue weighted by Gasteiger charge is 2.23. The van der Waals surface area contributed by atoms with Gasteiger partial charge >= 0.3 is 5.97 Å². The summed E-state index contributed by atoms with van der Waals surface area (Å²) in [6.07, 6.45) is 7.67. The number of hydrogen-bond donors (Lipinski definition) is 1. The molecule has 8 nitrogen and oxygen atoms in total. The van der Waals surface area contributed by atoms with Crippen LogP contribution in [0.4, 0.5) is 5.82 Å². The number of esters is 1. The number of aromatic nitrogens is 3. The Kier molecular flexibility index (Phi) is 5.20. The summed E-state index contributed by atoms with van der Waals surface area (Å²) in [5.74, 6) is -0.866. The van der Waals surface area contributed by atoms with Crippen molar-refractivity contribution in [2.75, 3.05) is 5.32 Å². The van der Waals surface area contributed by atoms with E-state index < -0.39 is 11.9 Å². The summed E-state index contributed by atoms with van der Waals surface area (Å²) in [6.45, 7) is 0. The van der Waals surface area contributed by atoms with E-state index in [2.05, 4.69) is 15.3 Å². The molecule has 0 spiro atoms. The first-order valence-corrected chi connectivity index (χ1v) is 9.51. The number of nitrogens with zero attached hydrogens (tertiary/aromatic N) is 4. The number of hydrogen-bond acceptors (Lipinski definition) is 6. The predicted molar refractivity (Wildman–Crippen MR) is 104 cm³/mol. The van der Waals surface area contributed by atoms with Crippen molar-refractivity contribution < 1.29 is 14.3 Å². The minimum absolute atomic E-state index is 0.0494. The fourth-order valence-electron chi connectivity index (χ4n) is 3.46. The Morgan fingerprint density at radius 2 is 1.93 bits per heavy atom. The Morgan fingerprint density at radius 1 is 1.17 bits per heavy atom. The van der Waals surface area contributed by atoms with Crippen molar-refractivity contribution in [1.29, 1.82) is 5.26 Å². The zero-order chi connectivity index (χ0) is 20.2. The molecule has 1 aromatic carbocycles. The van der Waals surface area contributed by atoms with Gasteiger partial charge in [0.1, 0.15) is 24.0 Å². The van der Waals surface area contributed by atoms with Crippen molar-refractivity contribution in [3.63, 3.8) is 0 Å². The van der Waals surface area contributed by atoms with E-state index in [9.17, 15) is 14.9 Å². The Morgan fingerprint density at radius 3 is 2.66 bits per heavy atom. The highest BCUT2D eigenvalue weighted by Crippen LogP contribution is 2.23. The molecular weight excluding hydrogens is 370 g/mol. The van der Waals surface area contributed by atoms with Gasteiger partial charge in [-0.2, -0.15) is 5.26 Å². The van der Waals surface area contributed by atoms with E-state index in [0.29, 0.717) is 11.1 Å². The number of imidazole rings is 1. The normalized spacial score (nSPS) is 14.3. The largest absolute Gasteiger partial charge is 0.458 e. The number of nitrogens with one attached hydrogen (secondary N) is 1. The molecule has 1 aliphatic rings. The van der Waals surface area contributed by atoms with Crippen molar-refractivity contribution in [3.8, 4) is 6.07 Å². The summed E-state index contributed by atoms with van der Waals surface area (Å²) in [5.41, 5.74) is 0.910. The number of benzene rings is 1. The van der Waals surface area contributed by atoms with Crippen molar-refractivity contribution in [2.24, 2.45) is 0 Å². The van der Waals surface area contributed by atoms with Crippen LogP contribution in [0.1, 0.15) is 58.6 Å². The Bertz CT molecular complexity index is 1090. The van der Waals surface area contributed by atoms with E-state index in [-0.39, 0.29) is 23.3 Å². The fourth-order valence-corrected chi connectivity index (χ4v) is 3.46. The van der Waals surface area contributed by atoms with Gasteiger partial charge < -0.3 is 10.1 Å². The molecule has 0 unspecified atom stereocenters. The van der Waals surface area contributed by atoms with Gasteiger partial charge in [0.15, 0.2) is 17.2 Å². The monoisotopic (exact) mass is 389 g/mol. The summed E-state index contributed by atoms with van der Waals surface area (Å²) in [5, 5.41) is 12.0. The fraction of sp³-hybridized carbons (Fsp3) is 0.286. The van der Waals surface area contributed by atoms with Crippen LogP contribution < -0.4 is 5.32 Å². The summed E-state index contributed by atoms with van der Waals surface area (Å²) < 4.78 is 7.09. The quantitative estimate of drug-likeness (QED) is 0.686. The first-order valence-electron chi connectivity index (χ1n) is 9.51. The molecule has 1 amide bonds. The lowest BCUT2D eigenvalue weighted by Gasteiger charge is -2.21. The Labute approximate surface area is 167 Å². The van der Waals surface area contributed by atoms with Crippen molar-refractivity contribution in [3.05, 3.63) is 59.8 Å². The predicted octanol–water partition coefficient (Wildman–Crippen LogP) is 3.34. The van der Waals surface area contributed by atoms with Gasteiger partial charge in [-0.3, -0.25) is 9.20 Å². The highest BCUT2D eigenvalue weighted by molar-refractivity contribution is 6.06. The molecule has 0 bridgehead atoms. The molecule has 146 valence electrons. The van der Waals surface area contributed by atoms with Gasteiger partial charge in [-0.15, -0.1) is 0 Å². The number of carbonyl (C=O) groups excluding carboxylic acids is 2. The van der Waals surface area contributed by atoms with E-state index in [1.807, 2.05) is 6.07 Å². The van der Waals surface area contributed by atoms with E-state index in [1.54, 1.807) is 30.3 Å². The number of anilines is 1. The number of nitriles is 1. The van der Waals surface area contributed by atoms with Crippen LogP contribution in [-0.2, 0) is 4.74 Å². The number of carbonyl (C=O) groups is 2. The third-order valence-electron chi connectivity index (χ3n) is 4.92. The zero-order valence-corrected chi connectivity index (χ0v) is 15.7. The van der Waals surface area contributed by atoms with Crippen LogP contribution in [-0.4, -0.2) is 32.3 Å². The summed E-state index contributed by atoms with van der Waals surface area (Å²) in [6, 6.07) is 10.6. The third kappa shape index (κ3) is 3.94. The van der Waals surface area contributed by atoms with E-state index in [4.69, 9.17) is 4.74 Å². The maximum Gasteiger partial charge on any atom is 0.358 e. The van der Waals surface area contributed by atoms with E-state index in [1.165, 1.54) is 16.9 Å². The molecule has 0 atom stereocenters. The first-order chi connectivity index (χ1) is 14.2. The minimum Gasteiger partial charge on any atom is -0.458 e. The van der Waals surface area contributed by atoms with Crippen molar-refractivity contribution in [1.82, 2.24) is 14.4 Å². The molecule has 0 aliphatic heterocycles. The second-order valence-electron chi connectivity index (χ2n) is 6.92. The number of ether oxygens (including phenoxy) is 1. The average molecular weight is 389 g/mol. The second-order valence-corrected chi connectivity index (χ2v) is 6.92. The molecule has 2 heterocycles. The molecular formula is C21H19N5O3. The average Bonchev–Trinajstić information content (AvgIpc) is 3.18. The van der Waals surface area contributed by atoms with Crippen LogP contribution in [0.25, 0.3) is 5.52 Å². The molecule has 0 radical (unpaired) electrons. The summed E-state index contributed by atoms with van der Waals surface area (Å²) >= 11 is 0. The molecule has 1 aliphatic carbocycles. The molecule has 29 heavy (non-hydrogen) atoms. The smallest absolute Gasteiger partial charge is 0.358 e. The molecule has 0 saturated heterocycles. The van der Waals surface area contributed by atoms with Crippen LogP contribution in [0.3, 0.4) is 0 Å². The molecule has 2 aromatic heterocycles. The Balaban J connectivity index is 1.67. The van der Waals surface area contributed by atoms with E-state index in [0.717, 1.165) is 32.1 Å². The van der Waals surface area contributed by atoms with Gasteiger partial charge in [-0.05, 0) is 37.8 Å². The molecule has 1 saturated carbocycles. The number of amides is 1. The lowest BCUT2D eigenvalue weighted by molar-refractivity contribution is 0.0204. The van der Waals surface area contributed by atoms with E-state index >= 15 is 0 Å². The standard InChI is InChI=1S/C21H19N5O3/c22-11-16-18-19(25-20(27)14-7-3-1-4-8-14)24-17(12-26(18)13-23-16)21(28)29-15-9-5-2-6-10-15/h1,3-4,7-8,12-13,15H,2,5-6,9-10H2,(H,24,25,27). The van der Waals surface area contributed by atoms with Crippen LogP contribution in [0.15, 0.2) is 42.9 Å². The lowest BCUT2D eigenvalue weighted by atomic mass is 9.98. The molecule has 3 aromatic rings. The van der Waals surface area contributed by atoms with Gasteiger partial charge in [0.2, 0.25) is 0 Å². The molecule has 8 heteroatoms. The van der Waals surface area contributed by atoms with Gasteiger partial charge in [-0.25, -0.2) is 14.8 Å². The number of rotatable bonds is 4. The maximum atomic E-state index is 12.6. The van der Waals surface area contributed by atoms with Crippen LogP contribution in [0, 0.1) is 11.3 Å². The van der Waals surface area contributed by atoms with Gasteiger partial charge in [-0.1, -0.05) is 24.6 Å². The SMILES string of the molecule is N#Cc1ncn2cc(C(=O)OC3CCCCC3)nc(NC(=O)c3ccccc3)c12. The Hall–Kier alpha value is -3.73. The molecule has 4 rings (SSSR count). The molecule has 1 fully saturated rings. The maximum absolute atomic E-state index is 12.6. The summed E-state index contributed by atoms with van der Waals surface area (Å²) in [4.78, 5) is 33.6. The summed E-state index contributed by atoms with van der Waals surface area (Å²) in [7, 11) is 0. The molecule has 1 N–H and O–H groups in total. The lowest BCUT2D eigenvalue weighted by Crippen LogP contribution is -2.22.